The highest BCUT2D eigenvalue weighted by atomic mass is 16.6. The first-order chi connectivity index (χ1) is 10.9. The summed E-state index contributed by atoms with van der Waals surface area (Å²) in [5.41, 5.74) is 2.05. The topological polar surface area (TPSA) is 142 Å². The van der Waals surface area contributed by atoms with Gasteiger partial charge in [0.25, 0.3) is 5.69 Å². The molecule has 0 unspecified atom stereocenters. The minimum atomic E-state index is -0.869. The predicted octanol–water partition coefficient (Wildman–Crippen LogP) is 1.79. The van der Waals surface area contributed by atoms with Gasteiger partial charge in [-0.3, -0.25) is 19.7 Å². The van der Waals surface area contributed by atoms with Crippen molar-refractivity contribution in [1.82, 2.24) is 5.43 Å². The van der Waals surface area contributed by atoms with Gasteiger partial charge in [0.05, 0.1) is 16.7 Å². The van der Waals surface area contributed by atoms with E-state index in [9.17, 15) is 24.8 Å². The maximum Gasteiger partial charge on any atom is 0.303 e. The summed E-state index contributed by atoms with van der Waals surface area (Å²) in [4.78, 5) is 32.0. The van der Waals surface area contributed by atoms with Crippen LogP contribution in [0.5, 0.6) is 5.75 Å². The molecule has 0 heterocycles. The fraction of sp³-hybridized carbons (Fsp3) is 0.357. The van der Waals surface area contributed by atoms with Crippen molar-refractivity contribution in [1.29, 1.82) is 0 Å². The number of nitro benzene ring substituents is 1. The Morgan fingerprint density at radius 3 is 2.61 bits per heavy atom. The summed E-state index contributed by atoms with van der Waals surface area (Å²) in [6.45, 7) is 0. The lowest BCUT2D eigenvalue weighted by atomic mass is 10.1. The molecular weight excluding hydrogens is 306 g/mol. The number of nitro groups is 1. The van der Waals surface area contributed by atoms with Crippen LogP contribution >= 0.6 is 0 Å². The minimum absolute atomic E-state index is 0.0664. The Morgan fingerprint density at radius 2 is 1.96 bits per heavy atom. The maximum absolute atomic E-state index is 11.5. The summed E-state index contributed by atoms with van der Waals surface area (Å²) in [6, 6.07) is 3.49. The molecule has 1 rings (SSSR count). The van der Waals surface area contributed by atoms with Crippen LogP contribution in [-0.4, -0.2) is 33.2 Å². The smallest absolute Gasteiger partial charge is 0.303 e. The zero-order valence-corrected chi connectivity index (χ0v) is 12.3. The van der Waals surface area contributed by atoms with Gasteiger partial charge < -0.3 is 10.2 Å². The zero-order chi connectivity index (χ0) is 17.2. The highest BCUT2D eigenvalue weighted by Crippen LogP contribution is 2.21. The summed E-state index contributed by atoms with van der Waals surface area (Å²) in [5, 5.41) is 32.2. The van der Waals surface area contributed by atoms with Crippen molar-refractivity contribution in [2.24, 2.45) is 5.10 Å². The Morgan fingerprint density at radius 1 is 1.26 bits per heavy atom. The van der Waals surface area contributed by atoms with E-state index in [-0.39, 0.29) is 35.7 Å². The third-order valence-corrected chi connectivity index (χ3v) is 2.90. The average Bonchev–Trinajstić information content (AvgIpc) is 2.46. The number of carboxylic acid groups (broad SMARTS) is 1. The maximum atomic E-state index is 11.5. The second-order valence-corrected chi connectivity index (χ2v) is 4.75. The number of amides is 1. The van der Waals surface area contributed by atoms with E-state index < -0.39 is 10.9 Å². The van der Waals surface area contributed by atoms with Crippen LogP contribution in [0, 0.1) is 10.1 Å². The Bertz CT molecular complexity index is 615. The molecule has 3 N–H and O–H groups in total. The lowest BCUT2D eigenvalue weighted by Crippen LogP contribution is -2.17. The summed E-state index contributed by atoms with van der Waals surface area (Å²) in [7, 11) is 0. The summed E-state index contributed by atoms with van der Waals surface area (Å²) in [6.07, 6.45) is 2.98. The molecule has 0 aromatic heterocycles. The number of phenols is 1. The summed E-state index contributed by atoms with van der Waals surface area (Å²) >= 11 is 0. The van der Waals surface area contributed by atoms with Crippen molar-refractivity contribution in [3.8, 4) is 5.75 Å². The molecule has 0 bridgehead atoms. The van der Waals surface area contributed by atoms with Crippen LogP contribution in [0.3, 0.4) is 0 Å². The summed E-state index contributed by atoms with van der Waals surface area (Å²) in [5.74, 6) is -1.40. The molecule has 0 radical (unpaired) electrons. The number of hydrogen-bond acceptors (Lipinski definition) is 6. The molecule has 0 saturated heterocycles. The first-order valence-electron chi connectivity index (χ1n) is 6.91. The van der Waals surface area contributed by atoms with Gasteiger partial charge >= 0.3 is 5.97 Å². The second-order valence-electron chi connectivity index (χ2n) is 4.75. The van der Waals surface area contributed by atoms with E-state index in [1.807, 2.05) is 0 Å². The lowest BCUT2D eigenvalue weighted by Gasteiger charge is -2.00. The first-order valence-corrected chi connectivity index (χ1v) is 6.91. The standard InChI is InChI=1S/C14H17N3O6/c18-11-6-7-12(17(22)23)10(8-11)9-15-16-13(19)4-2-1-3-5-14(20)21/h6-9,18H,1-5H2,(H,16,19)(H,20,21)/b15-9+. The predicted molar refractivity (Wildman–Crippen MR) is 81.2 cm³/mol. The molecular formula is C14H17N3O6. The van der Waals surface area contributed by atoms with Crippen LogP contribution in [0.4, 0.5) is 5.69 Å². The van der Waals surface area contributed by atoms with Gasteiger partial charge in [-0.1, -0.05) is 6.42 Å². The molecule has 1 aromatic rings. The fourth-order valence-corrected chi connectivity index (χ4v) is 1.78. The molecule has 0 fully saturated rings. The molecule has 9 heteroatoms. The van der Waals surface area contributed by atoms with Gasteiger partial charge in [0, 0.05) is 18.9 Å². The second kappa shape index (κ2) is 9.13. The van der Waals surface area contributed by atoms with Crippen LogP contribution in [0.1, 0.15) is 37.7 Å². The van der Waals surface area contributed by atoms with E-state index in [0.717, 1.165) is 12.3 Å². The third kappa shape index (κ3) is 7.02. The Balaban J connectivity index is 2.44. The molecule has 124 valence electrons. The van der Waals surface area contributed by atoms with Gasteiger partial charge in [-0.25, -0.2) is 5.43 Å². The number of nitrogens with zero attached hydrogens (tertiary/aromatic N) is 2. The molecule has 9 nitrogen and oxygen atoms in total. The van der Waals surface area contributed by atoms with Crippen molar-refractivity contribution < 1.29 is 24.7 Å². The Kier molecular flexibility index (Phi) is 7.18. The number of benzene rings is 1. The van der Waals surface area contributed by atoms with E-state index in [4.69, 9.17) is 5.11 Å². The largest absolute Gasteiger partial charge is 0.508 e. The quantitative estimate of drug-likeness (QED) is 0.274. The molecule has 0 aliphatic rings. The highest BCUT2D eigenvalue weighted by molar-refractivity contribution is 5.87. The normalized spacial score (nSPS) is 10.6. The van der Waals surface area contributed by atoms with Crippen molar-refractivity contribution in [3.63, 3.8) is 0 Å². The number of hydrazone groups is 1. The molecule has 1 aromatic carbocycles. The van der Waals surface area contributed by atoms with E-state index in [1.165, 1.54) is 12.1 Å². The van der Waals surface area contributed by atoms with Gasteiger partial charge in [-0.2, -0.15) is 5.10 Å². The van der Waals surface area contributed by atoms with Crippen LogP contribution in [0.25, 0.3) is 0 Å². The fourth-order valence-electron chi connectivity index (χ4n) is 1.78. The lowest BCUT2D eigenvalue weighted by molar-refractivity contribution is -0.385. The Hall–Kier alpha value is -2.97. The Labute approximate surface area is 131 Å². The van der Waals surface area contributed by atoms with Crippen molar-refractivity contribution in [2.75, 3.05) is 0 Å². The molecule has 0 aliphatic carbocycles. The van der Waals surface area contributed by atoms with Crippen LogP contribution in [0.15, 0.2) is 23.3 Å². The van der Waals surface area contributed by atoms with Crippen LogP contribution in [-0.2, 0) is 9.59 Å². The van der Waals surface area contributed by atoms with Crippen LogP contribution < -0.4 is 5.43 Å². The van der Waals surface area contributed by atoms with Gasteiger partial charge in [0.2, 0.25) is 5.91 Å². The van der Waals surface area contributed by atoms with Gasteiger partial charge in [-0.15, -0.1) is 0 Å². The van der Waals surface area contributed by atoms with E-state index in [1.54, 1.807) is 0 Å². The number of nitrogens with one attached hydrogen (secondary N) is 1. The van der Waals surface area contributed by atoms with E-state index in [2.05, 4.69) is 10.5 Å². The van der Waals surface area contributed by atoms with Crippen molar-refractivity contribution >= 4 is 23.8 Å². The monoisotopic (exact) mass is 323 g/mol. The first kappa shape index (κ1) is 18.1. The average molecular weight is 323 g/mol. The number of unbranched alkanes of at least 4 members (excludes halogenated alkanes) is 2. The molecule has 0 atom stereocenters. The minimum Gasteiger partial charge on any atom is -0.508 e. The SMILES string of the molecule is O=C(O)CCCCCC(=O)N/N=C/c1cc(O)ccc1[N+](=O)[O-]. The van der Waals surface area contributed by atoms with Crippen molar-refractivity contribution in [3.05, 3.63) is 33.9 Å². The zero-order valence-electron chi connectivity index (χ0n) is 12.3. The number of hydrogen-bond donors (Lipinski definition) is 3. The molecule has 1 amide bonds. The highest BCUT2D eigenvalue weighted by Gasteiger charge is 2.12. The number of aromatic hydroxyl groups is 1. The number of carboxylic acids is 1. The summed E-state index contributed by atoms with van der Waals surface area (Å²) < 4.78 is 0. The third-order valence-electron chi connectivity index (χ3n) is 2.90. The number of phenolic OH excluding ortho intramolecular Hbond substituents is 1. The van der Waals surface area contributed by atoms with Gasteiger partial charge in [-0.05, 0) is 25.0 Å². The number of rotatable bonds is 9. The number of carbonyl (C=O) groups excluding carboxylic acids is 1. The van der Waals surface area contributed by atoms with Gasteiger partial charge in [0.15, 0.2) is 0 Å². The van der Waals surface area contributed by atoms with E-state index in [0.29, 0.717) is 19.3 Å². The van der Waals surface area contributed by atoms with Gasteiger partial charge in [0.1, 0.15) is 5.75 Å². The molecule has 0 aliphatic heterocycles. The van der Waals surface area contributed by atoms with E-state index >= 15 is 0 Å². The molecule has 23 heavy (non-hydrogen) atoms. The van der Waals surface area contributed by atoms with Crippen LogP contribution in [0.2, 0.25) is 0 Å². The molecule has 0 saturated carbocycles. The molecule has 0 spiro atoms. The number of aliphatic carboxylic acids is 1. The number of carbonyl (C=O) groups is 2. The van der Waals surface area contributed by atoms with Crippen molar-refractivity contribution in [2.45, 2.75) is 32.1 Å².